The molecule has 1 aliphatic rings. The zero-order valence-electron chi connectivity index (χ0n) is 13.3. The van der Waals surface area contributed by atoms with Gasteiger partial charge in [0.05, 0.1) is 17.8 Å². The maximum atomic E-state index is 12.7. The number of piperazine rings is 1. The zero-order chi connectivity index (χ0) is 15.7. The Morgan fingerprint density at radius 3 is 2.82 bits per heavy atom. The first kappa shape index (κ1) is 14.8. The second kappa shape index (κ2) is 5.92. The van der Waals surface area contributed by atoms with Gasteiger partial charge in [-0.05, 0) is 14.0 Å². The second-order valence-electron chi connectivity index (χ2n) is 5.73. The molecular formula is C15H22N6O. The number of imidazole rings is 1. The molecular weight excluding hydrogens is 280 g/mol. The summed E-state index contributed by atoms with van der Waals surface area (Å²) in [4.78, 5) is 21.3. The summed E-state index contributed by atoms with van der Waals surface area (Å²) in [6.07, 6.45) is 7.21. The van der Waals surface area contributed by atoms with Gasteiger partial charge in [0.25, 0.3) is 5.91 Å². The minimum atomic E-state index is 0.0482. The van der Waals surface area contributed by atoms with Gasteiger partial charge < -0.3 is 9.47 Å². The maximum absolute atomic E-state index is 12.7. The summed E-state index contributed by atoms with van der Waals surface area (Å²) in [6.45, 7) is 5.00. The van der Waals surface area contributed by atoms with Gasteiger partial charge in [-0.15, -0.1) is 0 Å². The van der Waals surface area contributed by atoms with Crippen LogP contribution in [0.2, 0.25) is 0 Å². The summed E-state index contributed by atoms with van der Waals surface area (Å²) in [5.41, 5.74) is 0.657. The fraction of sp³-hybridized carbons (Fsp3) is 0.533. The lowest BCUT2D eigenvalue weighted by Gasteiger charge is -2.38. The summed E-state index contributed by atoms with van der Waals surface area (Å²) in [5, 5.41) is 4.19. The van der Waals surface area contributed by atoms with Crippen molar-refractivity contribution in [2.75, 3.05) is 26.7 Å². The first-order chi connectivity index (χ1) is 10.6. The molecule has 1 fully saturated rings. The van der Waals surface area contributed by atoms with Gasteiger partial charge in [-0.1, -0.05) is 0 Å². The van der Waals surface area contributed by atoms with Crippen LogP contribution in [-0.4, -0.2) is 61.7 Å². The molecule has 1 amide bonds. The van der Waals surface area contributed by atoms with E-state index in [1.807, 2.05) is 35.8 Å². The van der Waals surface area contributed by atoms with Crippen LogP contribution in [-0.2, 0) is 13.6 Å². The first-order valence-electron chi connectivity index (χ1n) is 7.59. The second-order valence-corrected chi connectivity index (χ2v) is 5.73. The van der Waals surface area contributed by atoms with Crippen LogP contribution < -0.4 is 0 Å². The van der Waals surface area contributed by atoms with Crippen LogP contribution in [0.5, 0.6) is 0 Å². The molecule has 7 heteroatoms. The van der Waals surface area contributed by atoms with Crippen LogP contribution in [0, 0.1) is 0 Å². The standard InChI is InChI=1S/C15H22N6O/c1-4-21-10-12(9-17-21)15(22)20-8-7-18(2)13(11-20)14-16-5-6-19(14)3/h5-6,9-10,13H,4,7-8,11H2,1-3H3/t13-/m1/s1. The SMILES string of the molecule is CCn1cc(C(=O)N2CCN(C)[C@@H](c3nccn3C)C2)cn1. The highest BCUT2D eigenvalue weighted by Crippen LogP contribution is 2.23. The molecule has 0 aliphatic carbocycles. The van der Waals surface area contributed by atoms with Crippen molar-refractivity contribution < 1.29 is 4.79 Å². The van der Waals surface area contributed by atoms with Crippen molar-refractivity contribution in [1.82, 2.24) is 29.1 Å². The summed E-state index contributed by atoms with van der Waals surface area (Å²) < 4.78 is 3.80. The number of nitrogens with zero attached hydrogens (tertiary/aromatic N) is 6. The van der Waals surface area contributed by atoms with E-state index >= 15 is 0 Å². The van der Waals surface area contributed by atoms with Crippen molar-refractivity contribution in [2.24, 2.45) is 7.05 Å². The predicted octanol–water partition coefficient (Wildman–Crippen LogP) is 0.765. The van der Waals surface area contributed by atoms with Crippen molar-refractivity contribution in [3.05, 3.63) is 36.2 Å². The van der Waals surface area contributed by atoms with Crippen LogP contribution >= 0.6 is 0 Å². The third-order valence-corrected chi connectivity index (χ3v) is 4.30. The molecule has 1 aliphatic heterocycles. The Morgan fingerprint density at radius 2 is 2.18 bits per heavy atom. The quantitative estimate of drug-likeness (QED) is 0.840. The largest absolute Gasteiger partial charge is 0.337 e. The van der Waals surface area contributed by atoms with E-state index in [4.69, 9.17) is 0 Å². The summed E-state index contributed by atoms with van der Waals surface area (Å²) in [7, 11) is 4.07. The lowest BCUT2D eigenvalue weighted by atomic mass is 10.1. The molecule has 3 rings (SSSR count). The molecule has 0 saturated carbocycles. The van der Waals surface area contributed by atoms with Crippen LogP contribution in [0.1, 0.15) is 29.1 Å². The Morgan fingerprint density at radius 1 is 1.36 bits per heavy atom. The average molecular weight is 302 g/mol. The number of amides is 1. The van der Waals surface area contributed by atoms with E-state index in [0.717, 1.165) is 25.5 Å². The monoisotopic (exact) mass is 302 g/mol. The molecule has 0 aromatic carbocycles. The van der Waals surface area contributed by atoms with Gasteiger partial charge >= 0.3 is 0 Å². The summed E-state index contributed by atoms with van der Waals surface area (Å²) >= 11 is 0. The number of likely N-dealkylation sites (N-methyl/N-ethyl adjacent to an activating group) is 1. The van der Waals surface area contributed by atoms with E-state index in [1.54, 1.807) is 17.1 Å². The van der Waals surface area contributed by atoms with Crippen molar-refractivity contribution in [2.45, 2.75) is 19.5 Å². The lowest BCUT2D eigenvalue weighted by molar-refractivity contribution is 0.0528. The molecule has 0 spiro atoms. The highest BCUT2D eigenvalue weighted by atomic mass is 16.2. The molecule has 3 heterocycles. The van der Waals surface area contributed by atoms with E-state index in [1.165, 1.54) is 0 Å². The third-order valence-electron chi connectivity index (χ3n) is 4.30. The van der Waals surface area contributed by atoms with Crippen molar-refractivity contribution in [1.29, 1.82) is 0 Å². The summed E-state index contributed by atoms with van der Waals surface area (Å²) in [6, 6.07) is 0.124. The topological polar surface area (TPSA) is 59.2 Å². The number of hydrogen-bond donors (Lipinski definition) is 0. The zero-order valence-corrected chi connectivity index (χ0v) is 13.3. The lowest BCUT2D eigenvalue weighted by Crippen LogP contribution is -2.49. The number of aromatic nitrogens is 4. The third kappa shape index (κ3) is 2.64. The first-order valence-corrected chi connectivity index (χ1v) is 7.59. The number of rotatable bonds is 3. The number of carbonyl (C=O) groups is 1. The minimum Gasteiger partial charge on any atom is -0.337 e. The van der Waals surface area contributed by atoms with Crippen LogP contribution in [0.4, 0.5) is 0 Å². The number of carbonyl (C=O) groups excluding carboxylic acids is 1. The number of aryl methyl sites for hydroxylation is 2. The fourth-order valence-electron chi connectivity index (χ4n) is 2.86. The highest BCUT2D eigenvalue weighted by Gasteiger charge is 2.31. The van der Waals surface area contributed by atoms with Crippen molar-refractivity contribution in [3.63, 3.8) is 0 Å². The van der Waals surface area contributed by atoms with E-state index in [2.05, 4.69) is 22.0 Å². The predicted molar refractivity (Wildman–Crippen MR) is 82.4 cm³/mol. The molecule has 1 atom stereocenters. The fourth-order valence-corrected chi connectivity index (χ4v) is 2.86. The van der Waals surface area contributed by atoms with Gasteiger partial charge in [0.2, 0.25) is 0 Å². The molecule has 0 N–H and O–H groups in total. The Kier molecular flexibility index (Phi) is 3.98. The maximum Gasteiger partial charge on any atom is 0.257 e. The van der Waals surface area contributed by atoms with Crippen molar-refractivity contribution in [3.8, 4) is 0 Å². The Bertz CT molecular complexity index is 661. The van der Waals surface area contributed by atoms with Gasteiger partial charge in [0, 0.05) is 51.8 Å². The smallest absolute Gasteiger partial charge is 0.257 e. The summed E-state index contributed by atoms with van der Waals surface area (Å²) in [5.74, 6) is 1.04. The Hall–Kier alpha value is -2.15. The minimum absolute atomic E-state index is 0.0482. The molecule has 2 aromatic heterocycles. The average Bonchev–Trinajstić information content (AvgIpc) is 3.16. The van der Waals surface area contributed by atoms with Crippen LogP contribution in [0.25, 0.3) is 0 Å². The molecule has 0 unspecified atom stereocenters. The normalized spacial score (nSPS) is 19.6. The molecule has 0 radical (unpaired) electrons. The van der Waals surface area contributed by atoms with Gasteiger partial charge in [0.1, 0.15) is 5.82 Å². The van der Waals surface area contributed by atoms with Crippen LogP contribution in [0.3, 0.4) is 0 Å². The molecule has 7 nitrogen and oxygen atoms in total. The van der Waals surface area contributed by atoms with E-state index < -0.39 is 0 Å². The van der Waals surface area contributed by atoms with Gasteiger partial charge in [-0.3, -0.25) is 14.4 Å². The Labute approximate surface area is 130 Å². The van der Waals surface area contributed by atoms with E-state index in [9.17, 15) is 4.79 Å². The van der Waals surface area contributed by atoms with Crippen LogP contribution in [0.15, 0.2) is 24.8 Å². The van der Waals surface area contributed by atoms with E-state index in [0.29, 0.717) is 12.1 Å². The molecule has 22 heavy (non-hydrogen) atoms. The van der Waals surface area contributed by atoms with Gasteiger partial charge in [0.15, 0.2) is 0 Å². The van der Waals surface area contributed by atoms with Gasteiger partial charge in [-0.2, -0.15) is 5.10 Å². The van der Waals surface area contributed by atoms with Gasteiger partial charge in [-0.25, -0.2) is 4.98 Å². The molecule has 0 bridgehead atoms. The molecule has 118 valence electrons. The Balaban J connectivity index is 1.78. The van der Waals surface area contributed by atoms with E-state index in [-0.39, 0.29) is 11.9 Å². The number of hydrogen-bond acceptors (Lipinski definition) is 4. The molecule has 2 aromatic rings. The molecule has 1 saturated heterocycles. The highest BCUT2D eigenvalue weighted by molar-refractivity contribution is 5.93. The van der Waals surface area contributed by atoms with Crippen molar-refractivity contribution >= 4 is 5.91 Å².